The molecule has 0 fully saturated rings. The van der Waals surface area contributed by atoms with Crippen LogP contribution in [-0.4, -0.2) is 5.78 Å². The van der Waals surface area contributed by atoms with Gasteiger partial charge in [-0.3, -0.25) is 4.79 Å². The van der Waals surface area contributed by atoms with E-state index in [0.717, 1.165) is 28.4 Å². The molecule has 2 aromatic carbocycles. The number of benzene rings is 2. The highest BCUT2D eigenvalue weighted by Crippen LogP contribution is 2.16. The minimum atomic E-state index is 0.0780. The van der Waals surface area contributed by atoms with Gasteiger partial charge in [-0.25, -0.2) is 0 Å². The minimum absolute atomic E-state index is 0.0780. The quantitative estimate of drug-likeness (QED) is 0.752. The lowest BCUT2D eigenvalue weighted by Crippen LogP contribution is -2.01. The van der Waals surface area contributed by atoms with Crippen LogP contribution in [0.2, 0.25) is 0 Å². The molecule has 0 aromatic heterocycles. The van der Waals surface area contributed by atoms with E-state index in [1.165, 1.54) is 5.56 Å². The van der Waals surface area contributed by atoms with E-state index in [-0.39, 0.29) is 5.78 Å². The van der Waals surface area contributed by atoms with Crippen molar-refractivity contribution < 1.29 is 4.79 Å². The standard InChI is InChI=1S/C16H15BrO/c1-2-5-12-6-3-7-13(10-12)16(18)14-8-4-9-15(17)11-14/h3-4,6-11H,2,5H2,1H3. The predicted octanol–water partition coefficient (Wildman–Crippen LogP) is 4.63. The SMILES string of the molecule is CCCc1cccc(C(=O)c2cccc(Br)c2)c1. The molecule has 0 saturated heterocycles. The molecule has 0 heterocycles. The van der Waals surface area contributed by atoms with Crippen LogP contribution in [-0.2, 0) is 6.42 Å². The maximum absolute atomic E-state index is 12.3. The molecule has 0 radical (unpaired) electrons. The lowest BCUT2D eigenvalue weighted by Gasteiger charge is -2.04. The number of hydrogen-bond donors (Lipinski definition) is 0. The molecule has 92 valence electrons. The maximum Gasteiger partial charge on any atom is 0.193 e. The average Bonchev–Trinajstić information content (AvgIpc) is 2.39. The van der Waals surface area contributed by atoms with Crippen molar-refractivity contribution >= 4 is 21.7 Å². The van der Waals surface area contributed by atoms with Crippen LogP contribution in [0.25, 0.3) is 0 Å². The van der Waals surface area contributed by atoms with Crippen molar-refractivity contribution in [2.75, 3.05) is 0 Å². The second-order valence-electron chi connectivity index (χ2n) is 4.29. The molecule has 0 unspecified atom stereocenters. The monoisotopic (exact) mass is 302 g/mol. The number of halogens is 1. The molecule has 0 bridgehead atoms. The van der Waals surface area contributed by atoms with Crippen molar-refractivity contribution in [2.45, 2.75) is 19.8 Å². The summed E-state index contributed by atoms with van der Waals surface area (Å²) in [5, 5.41) is 0. The predicted molar refractivity (Wildman–Crippen MR) is 78.0 cm³/mol. The van der Waals surface area contributed by atoms with E-state index in [1.54, 1.807) is 0 Å². The fraction of sp³-hybridized carbons (Fsp3) is 0.188. The van der Waals surface area contributed by atoms with Crippen molar-refractivity contribution in [3.63, 3.8) is 0 Å². The molecular weight excluding hydrogens is 288 g/mol. The molecule has 0 amide bonds. The Morgan fingerprint density at radius 1 is 1.06 bits per heavy atom. The molecule has 0 saturated carbocycles. The van der Waals surface area contributed by atoms with Crippen molar-refractivity contribution in [1.82, 2.24) is 0 Å². The summed E-state index contributed by atoms with van der Waals surface area (Å²) in [6.45, 7) is 2.14. The van der Waals surface area contributed by atoms with Gasteiger partial charge < -0.3 is 0 Å². The normalized spacial score (nSPS) is 10.3. The first-order valence-electron chi connectivity index (χ1n) is 6.10. The van der Waals surface area contributed by atoms with Gasteiger partial charge in [-0.15, -0.1) is 0 Å². The summed E-state index contributed by atoms with van der Waals surface area (Å²) < 4.78 is 0.929. The van der Waals surface area contributed by atoms with E-state index in [1.807, 2.05) is 42.5 Å². The van der Waals surface area contributed by atoms with Gasteiger partial charge in [-0.05, 0) is 30.2 Å². The Bertz CT molecular complexity index is 561. The van der Waals surface area contributed by atoms with Gasteiger partial charge in [-0.1, -0.05) is 59.6 Å². The summed E-state index contributed by atoms with van der Waals surface area (Å²) in [6, 6.07) is 15.4. The number of aryl methyl sites for hydroxylation is 1. The highest BCUT2D eigenvalue weighted by atomic mass is 79.9. The van der Waals surface area contributed by atoms with Crippen LogP contribution in [0.15, 0.2) is 53.0 Å². The topological polar surface area (TPSA) is 17.1 Å². The zero-order chi connectivity index (χ0) is 13.0. The summed E-state index contributed by atoms with van der Waals surface area (Å²) in [4.78, 5) is 12.3. The molecule has 0 N–H and O–H groups in total. The Balaban J connectivity index is 2.31. The third-order valence-corrected chi connectivity index (χ3v) is 3.31. The Kier molecular flexibility index (Phi) is 4.32. The summed E-state index contributed by atoms with van der Waals surface area (Å²) >= 11 is 3.39. The molecule has 18 heavy (non-hydrogen) atoms. The summed E-state index contributed by atoms with van der Waals surface area (Å²) in [7, 11) is 0. The smallest absolute Gasteiger partial charge is 0.193 e. The Hall–Kier alpha value is -1.41. The molecule has 2 heteroatoms. The van der Waals surface area contributed by atoms with Gasteiger partial charge in [0.1, 0.15) is 0 Å². The van der Waals surface area contributed by atoms with Crippen LogP contribution in [0.4, 0.5) is 0 Å². The van der Waals surface area contributed by atoms with Gasteiger partial charge in [0.15, 0.2) is 5.78 Å². The van der Waals surface area contributed by atoms with Crippen LogP contribution < -0.4 is 0 Å². The van der Waals surface area contributed by atoms with Crippen molar-refractivity contribution in [2.24, 2.45) is 0 Å². The van der Waals surface area contributed by atoms with E-state index in [4.69, 9.17) is 0 Å². The third kappa shape index (κ3) is 3.08. The van der Waals surface area contributed by atoms with E-state index in [9.17, 15) is 4.79 Å². The largest absolute Gasteiger partial charge is 0.289 e. The highest BCUT2D eigenvalue weighted by molar-refractivity contribution is 9.10. The second kappa shape index (κ2) is 5.96. The summed E-state index contributed by atoms with van der Waals surface area (Å²) in [5.74, 6) is 0.0780. The Morgan fingerprint density at radius 3 is 2.39 bits per heavy atom. The zero-order valence-electron chi connectivity index (χ0n) is 10.3. The van der Waals surface area contributed by atoms with E-state index < -0.39 is 0 Å². The van der Waals surface area contributed by atoms with Crippen molar-refractivity contribution in [3.8, 4) is 0 Å². The number of hydrogen-bond acceptors (Lipinski definition) is 1. The molecule has 1 nitrogen and oxygen atoms in total. The zero-order valence-corrected chi connectivity index (χ0v) is 11.9. The van der Waals surface area contributed by atoms with E-state index in [0.29, 0.717) is 0 Å². The van der Waals surface area contributed by atoms with Gasteiger partial charge in [0.2, 0.25) is 0 Å². The van der Waals surface area contributed by atoms with E-state index >= 15 is 0 Å². The minimum Gasteiger partial charge on any atom is -0.289 e. The van der Waals surface area contributed by atoms with Gasteiger partial charge in [0.25, 0.3) is 0 Å². The lowest BCUT2D eigenvalue weighted by atomic mass is 10.00. The molecule has 0 spiro atoms. The van der Waals surface area contributed by atoms with Crippen LogP contribution >= 0.6 is 15.9 Å². The molecule has 0 atom stereocenters. The summed E-state index contributed by atoms with van der Waals surface area (Å²) in [5.41, 5.74) is 2.70. The second-order valence-corrected chi connectivity index (χ2v) is 5.21. The Morgan fingerprint density at radius 2 is 1.72 bits per heavy atom. The first kappa shape index (κ1) is 13.0. The molecule has 0 aliphatic rings. The first-order valence-corrected chi connectivity index (χ1v) is 6.89. The molecule has 0 aliphatic carbocycles. The Labute approximate surface area is 116 Å². The average molecular weight is 303 g/mol. The lowest BCUT2D eigenvalue weighted by molar-refractivity contribution is 0.103. The fourth-order valence-corrected chi connectivity index (χ4v) is 2.35. The number of rotatable bonds is 4. The van der Waals surface area contributed by atoms with Gasteiger partial charge in [-0.2, -0.15) is 0 Å². The van der Waals surface area contributed by atoms with Crippen molar-refractivity contribution in [3.05, 3.63) is 69.7 Å². The van der Waals surface area contributed by atoms with Crippen LogP contribution in [0, 0.1) is 0 Å². The van der Waals surface area contributed by atoms with Crippen LogP contribution in [0.1, 0.15) is 34.8 Å². The molecule has 0 aliphatic heterocycles. The number of carbonyl (C=O) groups is 1. The fourth-order valence-electron chi connectivity index (χ4n) is 1.95. The first-order chi connectivity index (χ1) is 8.70. The third-order valence-electron chi connectivity index (χ3n) is 2.81. The highest BCUT2D eigenvalue weighted by Gasteiger charge is 2.09. The van der Waals surface area contributed by atoms with E-state index in [2.05, 4.69) is 28.9 Å². The van der Waals surface area contributed by atoms with Crippen molar-refractivity contribution in [1.29, 1.82) is 0 Å². The molecule has 2 aromatic rings. The summed E-state index contributed by atoms with van der Waals surface area (Å²) in [6.07, 6.45) is 2.11. The number of ketones is 1. The van der Waals surface area contributed by atoms with Crippen LogP contribution in [0.3, 0.4) is 0 Å². The maximum atomic E-state index is 12.3. The van der Waals surface area contributed by atoms with Gasteiger partial charge in [0, 0.05) is 15.6 Å². The number of carbonyl (C=O) groups excluding carboxylic acids is 1. The van der Waals surface area contributed by atoms with Gasteiger partial charge >= 0.3 is 0 Å². The van der Waals surface area contributed by atoms with Crippen LogP contribution in [0.5, 0.6) is 0 Å². The molecular formula is C16H15BrO. The molecule has 2 rings (SSSR count). The van der Waals surface area contributed by atoms with Gasteiger partial charge in [0.05, 0.1) is 0 Å².